The van der Waals surface area contributed by atoms with Gasteiger partial charge in [0, 0.05) is 25.2 Å². The van der Waals surface area contributed by atoms with Gasteiger partial charge in [-0.15, -0.1) is 0 Å². The molecule has 4 heteroatoms. The maximum absolute atomic E-state index is 6.22. The maximum Gasteiger partial charge on any atom is 0.0685 e. The van der Waals surface area contributed by atoms with Gasteiger partial charge in [0.25, 0.3) is 0 Å². The first kappa shape index (κ1) is 14.8. The molecule has 2 aliphatic heterocycles. The fourth-order valence-corrected chi connectivity index (χ4v) is 4.75. The number of ether oxygens (including phenoxy) is 2. The molecule has 116 valence electrons. The Morgan fingerprint density at radius 3 is 2.60 bits per heavy atom. The molecule has 3 N–H and O–H groups in total. The molecule has 0 aromatic heterocycles. The van der Waals surface area contributed by atoms with E-state index in [1.54, 1.807) is 0 Å². The summed E-state index contributed by atoms with van der Waals surface area (Å²) >= 11 is 0. The molecule has 4 atom stereocenters. The second-order valence-electron chi connectivity index (χ2n) is 7.07. The molecule has 1 aliphatic carbocycles. The van der Waals surface area contributed by atoms with Crippen molar-refractivity contribution in [3.05, 3.63) is 0 Å². The Labute approximate surface area is 122 Å². The first-order valence-electron chi connectivity index (χ1n) is 8.46. The van der Waals surface area contributed by atoms with Crippen LogP contribution in [0.5, 0.6) is 0 Å². The minimum atomic E-state index is 0.166. The summed E-state index contributed by atoms with van der Waals surface area (Å²) in [7, 11) is 0. The smallest absolute Gasteiger partial charge is 0.0685 e. The van der Waals surface area contributed by atoms with Gasteiger partial charge in [0.2, 0.25) is 0 Å². The van der Waals surface area contributed by atoms with Crippen LogP contribution in [0, 0.1) is 11.8 Å². The summed E-state index contributed by atoms with van der Waals surface area (Å²) in [6.07, 6.45) is 10.3. The van der Waals surface area contributed by atoms with E-state index in [9.17, 15) is 0 Å². The first-order valence-corrected chi connectivity index (χ1v) is 8.46. The van der Waals surface area contributed by atoms with Crippen LogP contribution in [0.3, 0.4) is 0 Å². The molecule has 0 amide bonds. The molecular weight excluding hydrogens is 252 g/mol. The zero-order valence-corrected chi connectivity index (χ0v) is 12.8. The van der Waals surface area contributed by atoms with Crippen molar-refractivity contribution in [2.75, 3.05) is 13.2 Å². The van der Waals surface area contributed by atoms with Crippen LogP contribution < -0.4 is 11.3 Å². The molecule has 3 rings (SSSR count). The highest BCUT2D eigenvalue weighted by atomic mass is 16.5. The monoisotopic (exact) mass is 282 g/mol. The van der Waals surface area contributed by atoms with Gasteiger partial charge >= 0.3 is 0 Å². The molecular formula is C16H30N2O2. The predicted octanol–water partition coefficient (Wildman–Crippen LogP) is 2.37. The van der Waals surface area contributed by atoms with E-state index in [2.05, 4.69) is 12.3 Å². The van der Waals surface area contributed by atoms with Gasteiger partial charge in [-0.3, -0.25) is 11.3 Å². The summed E-state index contributed by atoms with van der Waals surface area (Å²) in [5.41, 5.74) is 3.30. The topological polar surface area (TPSA) is 56.5 Å². The summed E-state index contributed by atoms with van der Waals surface area (Å²) in [6, 6.07) is 0.384. The Balaban J connectivity index is 1.68. The fourth-order valence-electron chi connectivity index (χ4n) is 4.75. The summed E-state index contributed by atoms with van der Waals surface area (Å²) in [6.45, 7) is 3.99. The summed E-state index contributed by atoms with van der Waals surface area (Å²) in [5, 5.41) is 0. The van der Waals surface area contributed by atoms with Gasteiger partial charge in [-0.05, 0) is 44.9 Å². The molecule has 20 heavy (non-hydrogen) atoms. The van der Waals surface area contributed by atoms with Gasteiger partial charge in [0.1, 0.15) is 0 Å². The van der Waals surface area contributed by atoms with Gasteiger partial charge in [-0.2, -0.15) is 0 Å². The molecule has 1 spiro atoms. The van der Waals surface area contributed by atoms with E-state index < -0.39 is 0 Å². The van der Waals surface area contributed by atoms with Crippen molar-refractivity contribution in [1.82, 2.24) is 5.43 Å². The largest absolute Gasteiger partial charge is 0.378 e. The van der Waals surface area contributed by atoms with Gasteiger partial charge in [-0.25, -0.2) is 0 Å². The number of nitrogens with one attached hydrogen (secondary N) is 1. The Kier molecular flexibility index (Phi) is 4.65. The van der Waals surface area contributed by atoms with Crippen LogP contribution in [0.4, 0.5) is 0 Å². The molecule has 2 heterocycles. The minimum absolute atomic E-state index is 0.166. The number of rotatable bonds is 3. The highest BCUT2D eigenvalue weighted by Gasteiger charge is 2.44. The van der Waals surface area contributed by atoms with Crippen molar-refractivity contribution < 1.29 is 9.47 Å². The summed E-state index contributed by atoms with van der Waals surface area (Å²) in [5.74, 6) is 7.12. The van der Waals surface area contributed by atoms with Crippen LogP contribution >= 0.6 is 0 Å². The fraction of sp³-hybridized carbons (Fsp3) is 1.00. The van der Waals surface area contributed by atoms with Crippen molar-refractivity contribution in [2.45, 2.75) is 76.0 Å². The third kappa shape index (κ3) is 2.89. The highest BCUT2D eigenvalue weighted by molar-refractivity contribution is 4.96. The molecule has 3 aliphatic rings. The highest BCUT2D eigenvalue weighted by Crippen LogP contribution is 2.43. The van der Waals surface area contributed by atoms with E-state index >= 15 is 0 Å². The van der Waals surface area contributed by atoms with Gasteiger partial charge in [0.15, 0.2) is 0 Å². The summed E-state index contributed by atoms with van der Waals surface area (Å²) < 4.78 is 12.0. The van der Waals surface area contributed by atoms with Crippen LogP contribution in [0.15, 0.2) is 0 Å². The normalized spacial score (nSPS) is 39.0. The van der Waals surface area contributed by atoms with Crippen molar-refractivity contribution in [3.63, 3.8) is 0 Å². The SMILES string of the molecule is CC1OCCC1C(NN)C1CCOC2(CCCCC2)C1. The van der Waals surface area contributed by atoms with Crippen molar-refractivity contribution in [1.29, 1.82) is 0 Å². The molecule has 0 bridgehead atoms. The Morgan fingerprint density at radius 2 is 1.95 bits per heavy atom. The average molecular weight is 282 g/mol. The summed E-state index contributed by atoms with van der Waals surface area (Å²) in [4.78, 5) is 0. The van der Waals surface area contributed by atoms with E-state index in [0.29, 0.717) is 24.0 Å². The third-order valence-electron chi connectivity index (χ3n) is 5.89. The third-order valence-corrected chi connectivity index (χ3v) is 5.89. The van der Waals surface area contributed by atoms with Gasteiger partial charge in [-0.1, -0.05) is 19.3 Å². The number of nitrogens with two attached hydrogens (primary N) is 1. The maximum atomic E-state index is 6.22. The second kappa shape index (κ2) is 6.30. The van der Waals surface area contributed by atoms with E-state index in [0.717, 1.165) is 26.1 Å². The number of hydrogen-bond acceptors (Lipinski definition) is 4. The van der Waals surface area contributed by atoms with Crippen LogP contribution in [-0.2, 0) is 9.47 Å². The molecule has 4 unspecified atom stereocenters. The second-order valence-corrected chi connectivity index (χ2v) is 7.07. The lowest BCUT2D eigenvalue weighted by Crippen LogP contribution is -2.53. The van der Waals surface area contributed by atoms with E-state index in [4.69, 9.17) is 15.3 Å². The van der Waals surface area contributed by atoms with Gasteiger partial charge in [0.05, 0.1) is 11.7 Å². The number of hydrazine groups is 1. The lowest BCUT2D eigenvalue weighted by atomic mass is 9.71. The molecule has 0 aromatic rings. The average Bonchev–Trinajstić information content (AvgIpc) is 2.87. The molecule has 0 radical (unpaired) electrons. The Bertz CT molecular complexity index is 312. The van der Waals surface area contributed by atoms with Crippen LogP contribution in [-0.4, -0.2) is 31.0 Å². The van der Waals surface area contributed by atoms with Gasteiger partial charge < -0.3 is 9.47 Å². The van der Waals surface area contributed by atoms with Crippen LogP contribution in [0.25, 0.3) is 0 Å². The molecule has 4 nitrogen and oxygen atoms in total. The predicted molar refractivity (Wildman–Crippen MR) is 79.1 cm³/mol. The molecule has 2 saturated heterocycles. The van der Waals surface area contributed by atoms with Crippen molar-refractivity contribution in [2.24, 2.45) is 17.7 Å². The van der Waals surface area contributed by atoms with E-state index in [1.807, 2.05) is 0 Å². The van der Waals surface area contributed by atoms with Crippen LogP contribution in [0.1, 0.15) is 58.3 Å². The zero-order valence-electron chi connectivity index (χ0n) is 12.8. The number of hydrogen-bond donors (Lipinski definition) is 2. The Morgan fingerprint density at radius 1 is 1.15 bits per heavy atom. The van der Waals surface area contributed by atoms with Crippen molar-refractivity contribution >= 4 is 0 Å². The molecule has 0 aromatic carbocycles. The zero-order chi connectivity index (χ0) is 14.0. The van der Waals surface area contributed by atoms with Crippen LogP contribution in [0.2, 0.25) is 0 Å². The molecule has 3 fully saturated rings. The Hall–Kier alpha value is -0.160. The first-order chi connectivity index (χ1) is 9.74. The van der Waals surface area contributed by atoms with E-state index in [-0.39, 0.29) is 5.60 Å². The molecule has 1 saturated carbocycles. The quantitative estimate of drug-likeness (QED) is 0.616. The van der Waals surface area contributed by atoms with E-state index in [1.165, 1.54) is 38.5 Å². The van der Waals surface area contributed by atoms with Crippen molar-refractivity contribution in [3.8, 4) is 0 Å². The lowest BCUT2D eigenvalue weighted by Gasteiger charge is -2.46. The minimum Gasteiger partial charge on any atom is -0.378 e. The standard InChI is InChI=1S/C16H30N2O2/c1-12-14(6-9-19-12)15(18-17)13-5-10-20-16(11-13)7-3-2-4-8-16/h12-15,18H,2-11,17H2,1H3. The lowest BCUT2D eigenvalue weighted by molar-refractivity contribution is -0.125.